The zero-order valence-electron chi connectivity index (χ0n) is 9.48. The van der Waals surface area contributed by atoms with E-state index in [0.29, 0.717) is 6.54 Å². The Bertz CT molecular complexity index is 270. The maximum atomic E-state index is 9.02. The zero-order chi connectivity index (χ0) is 11.1. The van der Waals surface area contributed by atoms with E-state index in [1.807, 2.05) is 11.6 Å². The summed E-state index contributed by atoms with van der Waals surface area (Å²) in [5.74, 6) is 0.934. The Morgan fingerprint density at radius 2 is 2.33 bits per heavy atom. The molecule has 1 aromatic rings. The van der Waals surface area contributed by atoms with Crippen molar-refractivity contribution >= 4 is 0 Å². The highest BCUT2D eigenvalue weighted by molar-refractivity contribution is 4.84. The predicted molar refractivity (Wildman–Crippen MR) is 58.3 cm³/mol. The molecule has 0 amide bonds. The minimum absolute atomic E-state index is 0.150. The Hall–Kier alpha value is -0.940. The normalized spacial score (nSPS) is 13.0. The first-order chi connectivity index (χ1) is 7.31. The highest BCUT2D eigenvalue weighted by Crippen LogP contribution is 1.97. The highest BCUT2D eigenvalue weighted by Gasteiger charge is 2.07. The molecule has 1 atom stereocenters. The van der Waals surface area contributed by atoms with Crippen LogP contribution in [0.2, 0.25) is 0 Å². The summed E-state index contributed by atoms with van der Waals surface area (Å²) in [6.45, 7) is 5.89. The Balaban J connectivity index is 2.45. The second kappa shape index (κ2) is 6.53. The molecule has 1 rings (SSSR count). The second-order valence-corrected chi connectivity index (χ2v) is 3.57. The topological polar surface area (TPSA) is 63.0 Å². The standard InChI is InChI=1S/C10H20N4O/c1-3-5-14-10(12-8-13-14)6-11-9(4-2)7-15/h8-9,11,15H,3-7H2,1-2H3. The third-order valence-electron chi connectivity index (χ3n) is 2.39. The third kappa shape index (κ3) is 3.60. The van der Waals surface area contributed by atoms with Gasteiger partial charge in [-0.25, -0.2) is 9.67 Å². The van der Waals surface area contributed by atoms with E-state index in [2.05, 4.69) is 22.3 Å². The van der Waals surface area contributed by atoms with Gasteiger partial charge < -0.3 is 10.4 Å². The van der Waals surface area contributed by atoms with Crippen molar-refractivity contribution in [1.82, 2.24) is 20.1 Å². The molecule has 0 spiro atoms. The monoisotopic (exact) mass is 212 g/mol. The molecular formula is C10H20N4O. The molecule has 1 aromatic heterocycles. The average molecular weight is 212 g/mol. The number of rotatable bonds is 7. The molecule has 0 aliphatic heterocycles. The summed E-state index contributed by atoms with van der Waals surface area (Å²) in [6, 6.07) is 0.150. The van der Waals surface area contributed by atoms with Crippen LogP contribution in [0, 0.1) is 0 Å². The van der Waals surface area contributed by atoms with Gasteiger partial charge >= 0.3 is 0 Å². The lowest BCUT2D eigenvalue weighted by Gasteiger charge is -2.13. The number of aliphatic hydroxyl groups is 1. The molecule has 0 aromatic carbocycles. The largest absolute Gasteiger partial charge is 0.395 e. The molecule has 0 saturated heterocycles. The van der Waals surface area contributed by atoms with Crippen molar-refractivity contribution < 1.29 is 5.11 Å². The molecule has 0 aliphatic rings. The summed E-state index contributed by atoms with van der Waals surface area (Å²) in [7, 11) is 0. The highest BCUT2D eigenvalue weighted by atomic mass is 16.3. The number of hydrogen-bond donors (Lipinski definition) is 2. The molecule has 5 heteroatoms. The van der Waals surface area contributed by atoms with E-state index >= 15 is 0 Å². The Morgan fingerprint density at radius 3 is 2.93 bits per heavy atom. The number of aromatic nitrogens is 3. The van der Waals surface area contributed by atoms with Crippen molar-refractivity contribution in [3.8, 4) is 0 Å². The van der Waals surface area contributed by atoms with Crippen molar-refractivity contribution in [1.29, 1.82) is 0 Å². The SMILES string of the molecule is CCCn1ncnc1CNC(CC)CO. The molecule has 1 unspecified atom stereocenters. The smallest absolute Gasteiger partial charge is 0.140 e. The molecule has 86 valence electrons. The van der Waals surface area contributed by atoms with Crippen LogP contribution in [-0.2, 0) is 13.1 Å². The molecule has 0 bridgehead atoms. The van der Waals surface area contributed by atoms with Crippen molar-refractivity contribution in [2.24, 2.45) is 0 Å². The van der Waals surface area contributed by atoms with Crippen LogP contribution in [0.5, 0.6) is 0 Å². The van der Waals surface area contributed by atoms with Gasteiger partial charge in [0.05, 0.1) is 13.2 Å². The third-order valence-corrected chi connectivity index (χ3v) is 2.39. The number of nitrogens with one attached hydrogen (secondary N) is 1. The number of hydrogen-bond acceptors (Lipinski definition) is 4. The van der Waals surface area contributed by atoms with Crippen LogP contribution in [0.4, 0.5) is 0 Å². The first-order valence-corrected chi connectivity index (χ1v) is 5.52. The maximum absolute atomic E-state index is 9.02. The van der Waals surface area contributed by atoms with Gasteiger partial charge in [-0.15, -0.1) is 0 Å². The van der Waals surface area contributed by atoms with Gasteiger partial charge in [0.1, 0.15) is 12.2 Å². The number of aliphatic hydroxyl groups excluding tert-OH is 1. The summed E-state index contributed by atoms with van der Waals surface area (Å²) in [5.41, 5.74) is 0. The predicted octanol–water partition coefficient (Wildman–Crippen LogP) is 0.549. The summed E-state index contributed by atoms with van der Waals surface area (Å²) in [6.07, 6.45) is 3.54. The van der Waals surface area contributed by atoms with Gasteiger partial charge in [-0.1, -0.05) is 13.8 Å². The van der Waals surface area contributed by atoms with Crippen LogP contribution in [0.25, 0.3) is 0 Å². The number of aryl methyl sites for hydroxylation is 1. The quantitative estimate of drug-likeness (QED) is 0.693. The molecule has 0 aliphatic carbocycles. The second-order valence-electron chi connectivity index (χ2n) is 3.57. The van der Waals surface area contributed by atoms with E-state index in [0.717, 1.165) is 25.2 Å². The lowest BCUT2D eigenvalue weighted by atomic mass is 10.2. The van der Waals surface area contributed by atoms with Crippen molar-refractivity contribution in [2.75, 3.05) is 6.61 Å². The minimum atomic E-state index is 0.150. The van der Waals surface area contributed by atoms with E-state index in [4.69, 9.17) is 5.11 Å². The fourth-order valence-electron chi connectivity index (χ4n) is 1.40. The molecule has 2 N–H and O–H groups in total. The van der Waals surface area contributed by atoms with Gasteiger partial charge in [0.15, 0.2) is 0 Å². The van der Waals surface area contributed by atoms with E-state index in [1.165, 1.54) is 0 Å². The van der Waals surface area contributed by atoms with Crippen LogP contribution in [-0.4, -0.2) is 32.5 Å². The van der Waals surface area contributed by atoms with Crippen molar-refractivity contribution in [3.05, 3.63) is 12.2 Å². The molecule has 0 radical (unpaired) electrons. The van der Waals surface area contributed by atoms with E-state index in [1.54, 1.807) is 6.33 Å². The maximum Gasteiger partial charge on any atom is 0.140 e. The van der Waals surface area contributed by atoms with E-state index < -0.39 is 0 Å². The number of nitrogens with zero attached hydrogens (tertiary/aromatic N) is 3. The molecule has 0 fully saturated rings. The molecule has 0 saturated carbocycles. The molecule has 15 heavy (non-hydrogen) atoms. The van der Waals surface area contributed by atoms with Crippen LogP contribution in [0.1, 0.15) is 32.5 Å². The van der Waals surface area contributed by atoms with Gasteiger partial charge in [0.25, 0.3) is 0 Å². The Labute approximate surface area is 90.5 Å². The first-order valence-electron chi connectivity index (χ1n) is 5.52. The minimum Gasteiger partial charge on any atom is -0.395 e. The Kier molecular flexibility index (Phi) is 5.28. The van der Waals surface area contributed by atoms with Gasteiger partial charge in [-0.2, -0.15) is 5.10 Å². The van der Waals surface area contributed by atoms with E-state index in [9.17, 15) is 0 Å². The van der Waals surface area contributed by atoms with Crippen LogP contribution in [0.15, 0.2) is 6.33 Å². The fraction of sp³-hybridized carbons (Fsp3) is 0.800. The molecular weight excluding hydrogens is 192 g/mol. The summed E-state index contributed by atoms with van der Waals surface area (Å²) in [5, 5.41) is 16.4. The van der Waals surface area contributed by atoms with Crippen LogP contribution in [0.3, 0.4) is 0 Å². The van der Waals surface area contributed by atoms with Gasteiger partial charge in [0, 0.05) is 12.6 Å². The summed E-state index contributed by atoms with van der Waals surface area (Å²) in [4.78, 5) is 4.18. The van der Waals surface area contributed by atoms with Gasteiger partial charge in [-0.05, 0) is 12.8 Å². The van der Waals surface area contributed by atoms with Gasteiger partial charge in [-0.3, -0.25) is 0 Å². The first kappa shape index (κ1) is 12.1. The average Bonchev–Trinajstić information content (AvgIpc) is 2.68. The van der Waals surface area contributed by atoms with Crippen molar-refractivity contribution in [2.45, 2.75) is 45.8 Å². The molecule has 1 heterocycles. The van der Waals surface area contributed by atoms with Gasteiger partial charge in [0.2, 0.25) is 0 Å². The molecule has 5 nitrogen and oxygen atoms in total. The van der Waals surface area contributed by atoms with E-state index in [-0.39, 0.29) is 12.6 Å². The van der Waals surface area contributed by atoms with Crippen molar-refractivity contribution in [3.63, 3.8) is 0 Å². The lowest BCUT2D eigenvalue weighted by Crippen LogP contribution is -2.32. The van der Waals surface area contributed by atoms with Crippen LogP contribution >= 0.6 is 0 Å². The Morgan fingerprint density at radius 1 is 1.53 bits per heavy atom. The summed E-state index contributed by atoms with van der Waals surface area (Å²) < 4.78 is 1.90. The fourth-order valence-corrected chi connectivity index (χ4v) is 1.40. The van der Waals surface area contributed by atoms with Crippen LogP contribution < -0.4 is 5.32 Å². The summed E-state index contributed by atoms with van der Waals surface area (Å²) >= 11 is 0. The zero-order valence-corrected chi connectivity index (χ0v) is 9.48. The lowest BCUT2D eigenvalue weighted by molar-refractivity contribution is 0.237.